The first-order valence-electron chi connectivity index (χ1n) is 8.05. The molecule has 0 aromatic carbocycles. The molecule has 0 atom stereocenters. The molecule has 0 fully saturated rings. The largest absolute Gasteiger partial charge is 0.333 e. The number of hydrogen-bond donors (Lipinski definition) is 0. The Balaban J connectivity index is -0.0000000319. The van der Waals surface area contributed by atoms with Gasteiger partial charge in [0.15, 0.2) is 0 Å². The summed E-state index contributed by atoms with van der Waals surface area (Å²) in [5, 5.41) is 0. The van der Waals surface area contributed by atoms with E-state index in [0.717, 1.165) is 13.4 Å². The van der Waals surface area contributed by atoms with Crippen molar-refractivity contribution in [3.8, 4) is 0 Å². The molecular weight excluding hydrogens is 568 g/mol. The van der Waals surface area contributed by atoms with E-state index in [4.69, 9.17) is 0 Å². The molecule has 0 aromatic heterocycles. The van der Waals surface area contributed by atoms with Crippen molar-refractivity contribution >= 4 is 0 Å². The van der Waals surface area contributed by atoms with Gasteiger partial charge in [0.2, 0.25) is 0 Å². The summed E-state index contributed by atoms with van der Waals surface area (Å²) in [4.78, 5) is 4.00. The molecule has 0 aliphatic heterocycles. The fourth-order valence-corrected chi connectivity index (χ4v) is 0. The maximum atomic E-state index is 2.12. The van der Waals surface area contributed by atoms with Crippen molar-refractivity contribution < 1.29 is 96.0 Å². The smallest absolute Gasteiger partial charge is 0.0675 e. The molecule has 0 aromatic rings. The van der Waals surface area contributed by atoms with Crippen LogP contribution in [0.15, 0.2) is 0 Å². The van der Waals surface area contributed by atoms with E-state index < -0.39 is 0 Å². The van der Waals surface area contributed by atoms with Crippen LogP contribution in [0.25, 0.3) is 0 Å². The van der Waals surface area contributed by atoms with E-state index in [1.165, 1.54) is 0 Å². The fourth-order valence-electron chi connectivity index (χ4n) is 0. The normalized spacial score (nSPS) is 10.1. The molecule has 5 nitrogen and oxygen atoms in total. The predicted molar refractivity (Wildman–Crippen MR) is 111 cm³/mol. The number of quaternary nitrogens is 3. The van der Waals surface area contributed by atoms with Crippen molar-refractivity contribution in [3.05, 3.63) is 0 Å². The van der Waals surface area contributed by atoms with Crippen molar-refractivity contribution in [3.63, 3.8) is 0 Å². The molecule has 7 heteroatoms. The monoisotopic (exact) mass is 622 g/mol. The molecule has 154 valence electrons. The van der Waals surface area contributed by atoms with E-state index in [-0.39, 0.29) is 82.6 Å². The summed E-state index contributed by atoms with van der Waals surface area (Å²) in [5.74, 6) is 0. The Hall–Kier alpha value is 2.53. The van der Waals surface area contributed by atoms with Crippen LogP contribution in [0.2, 0.25) is 0 Å². The molecule has 0 spiro atoms. The Bertz CT molecular complexity index is 157. The second-order valence-corrected chi connectivity index (χ2v) is 10.7. The van der Waals surface area contributed by atoms with Gasteiger partial charge in [-0.1, -0.05) is 0 Å². The van der Waals surface area contributed by atoms with Gasteiger partial charge in [0.1, 0.15) is 0 Å². The van der Waals surface area contributed by atoms with E-state index >= 15 is 0 Å². The minimum Gasteiger partial charge on any atom is -0.333 e. The topological polar surface area (TPSA) is 6.48 Å². The predicted octanol–water partition coefficient (Wildman–Crippen LogP) is 1.32. The molecule has 0 amide bonds. The standard InChI is InChI=1S/3C4H12N.2C3H9N.2Pr/c3*1-5(2,3)4;2*1-4(2)3;;/h3*1-4H3;2*1-3H3;;/q3*+1;;;;. The average Bonchev–Trinajstić information content (AvgIpc) is 1.85. The van der Waals surface area contributed by atoms with Gasteiger partial charge in [0, 0.05) is 82.6 Å². The van der Waals surface area contributed by atoms with Gasteiger partial charge in [-0.15, -0.1) is 0 Å². The van der Waals surface area contributed by atoms with Crippen molar-refractivity contribution in [2.75, 3.05) is 127 Å². The fraction of sp³-hybridized carbons (Fsp3) is 1.00. The summed E-state index contributed by atoms with van der Waals surface area (Å²) in [6, 6.07) is 0. The molecule has 0 saturated carbocycles. The third kappa shape index (κ3) is 2500. The van der Waals surface area contributed by atoms with Gasteiger partial charge in [-0.05, 0) is 42.3 Å². The first kappa shape index (κ1) is 46.0. The molecule has 0 aliphatic rings. The van der Waals surface area contributed by atoms with Gasteiger partial charge in [0.05, 0.1) is 84.6 Å². The van der Waals surface area contributed by atoms with Gasteiger partial charge in [0.25, 0.3) is 0 Å². The van der Waals surface area contributed by atoms with Crippen LogP contribution in [0, 0.1) is 82.6 Å². The number of hydrogen-bond acceptors (Lipinski definition) is 2. The Kier molecular flexibility index (Phi) is 45.2. The van der Waals surface area contributed by atoms with Crippen LogP contribution in [-0.4, -0.2) is 150 Å². The molecule has 2 radical (unpaired) electrons. The summed E-state index contributed by atoms with van der Waals surface area (Å²) < 4.78 is 3.00. The third-order valence-corrected chi connectivity index (χ3v) is 0. The van der Waals surface area contributed by atoms with Gasteiger partial charge in [-0.25, -0.2) is 0 Å². The van der Waals surface area contributed by atoms with Crippen molar-refractivity contribution in [1.82, 2.24) is 9.80 Å². The molecule has 0 N–H and O–H groups in total. The van der Waals surface area contributed by atoms with Crippen molar-refractivity contribution in [1.29, 1.82) is 0 Å². The molecule has 0 rings (SSSR count). The van der Waals surface area contributed by atoms with Crippen LogP contribution >= 0.6 is 0 Å². The summed E-state index contributed by atoms with van der Waals surface area (Å²) in [6.45, 7) is 0. The molecule has 25 heavy (non-hydrogen) atoms. The Morgan fingerprint density at radius 1 is 0.320 bits per heavy atom. The SMILES string of the molecule is CN(C)C.CN(C)C.C[N+](C)(C)C.C[N+](C)(C)C.C[N+](C)(C)C.[Pr].[Pr]. The van der Waals surface area contributed by atoms with Crippen molar-refractivity contribution in [2.45, 2.75) is 0 Å². The average molecular weight is 622 g/mol. The number of nitrogens with zero attached hydrogens (tertiary/aromatic N) is 5. The van der Waals surface area contributed by atoms with Crippen LogP contribution in [-0.2, 0) is 0 Å². The molecule has 0 bridgehead atoms. The molecule has 0 aliphatic carbocycles. The first-order valence-corrected chi connectivity index (χ1v) is 8.05. The zero-order chi connectivity index (χ0) is 20.7. The second-order valence-electron chi connectivity index (χ2n) is 10.7. The van der Waals surface area contributed by atoms with Crippen LogP contribution in [0.4, 0.5) is 0 Å². The van der Waals surface area contributed by atoms with Crippen LogP contribution in [0.5, 0.6) is 0 Å². The minimum absolute atomic E-state index is 0. The van der Waals surface area contributed by atoms with Crippen molar-refractivity contribution in [2.24, 2.45) is 0 Å². The van der Waals surface area contributed by atoms with E-state index in [1.54, 1.807) is 0 Å². The zero-order valence-corrected chi connectivity index (χ0v) is 28.8. The van der Waals surface area contributed by atoms with Gasteiger partial charge in [-0.3, -0.25) is 0 Å². The summed E-state index contributed by atoms with van der Waals surface area (Å²) >= 11 is 0. The molecule has 0 heterocycles. The maximum absolute atomic E-state index is 2.12. The Morgan fingerprint density at radius 3 is 0.320 bits per heavy atom. The summed E-state index contributed by atoms with van der Waals surface area (Å²) in [5.41, 5.74) is 0. The molecule has 0 saturated heterocycles. The molecule has 0 unspecified atom stereocenters. The van der Waals surface area contributed by atoms with E-state index in [2.05, 4.69) is 84.6 Å². The maximum Gasteiger partial charge on any atom is 0.0675 e. The van der Waals surface area contributed by atoms with E-state index in [1.807, 2.05) is 52.1 Å². The van der Waals surface area contributed by atoms with Crippen LogP contribution < -0.4 is 0 Å². The third-order valence-electron chi connectivity index (χ3n) is 0. The van der Waals surface area contributed by atoms with Gasteiger partial charge < -0.3 is 23.2 Å². The zero-order valence-electron chi connectivity index (χ0n) is 21.4. The van der Waals surface area contributed by atoms with Crippen LogP contribution in [0.1, 0.15) is 0 Å². The first-order chi connectivity index (χ1) is 9.46. The van der Waals surface area contributed by atoms with E-state index in [9.17, 15) is 0 Å². The minimum atomic E-state index is 0. The number of rotatable bonds is 0. The van der Waals surface area contributed by atoms with Crippen LogP contribution in [0.3, 0.4) is 0 Å². The van der Waals surface area contributed by atoms with Gasteiger partial charge >= 0.3 is 0 Å². The quantitative estimate of drug-likeness (QED) is 0.377. The summed E-state index contributed by atoms with van der Waals surface area (Å²) in [7, 11) is 37.5. The molecular formula is C18H54N5Pr2+3. The Morgan fingerprint density at radius 2 is 0.320 bits per heavy atom. The second kappa shape index (κ2) is 24.6. The summed E-state index contributed by atoms with van der Waals surface area (Å²) in [6.07, 6.45) is 0. The van der Waals surface area contributed by atoms with Gasteiger partial charge in [-0.2, -0.15) is 0 Å². The van der Waals surface area contributed by atoms with E-state index in [0.29, 0.717) is 0 Å². The Labute approximate surface area is 229 Å².